The maximum Gasteiger partial charge on any atom is 0.253 e. The van der Waals surface area contributed by atoms with Gasteiger partial charge in [-0.1, -0.05) is 11.6 Å². The molecular formula is C16H23ClN2O2. The fourth-order valence-electron chi connectivity index (χ4n) is 2.93. The Morgan fingerprint density at radius 1 is 1.24 bits per heavy atom. The van der Waals surface area contributed by atoms with Gasteiger partial charge in [-0.15, -0.1) is 0 Å². The van der Waals surface area contributed by atoms with Gasteiger partial charge in [0, 0.05) is 49.4 Å². The molecule has 1 saturated heterocycles. The van der Waals surface area contributed by atoms with E-state index in [0.717, 1.165) is 26.2 Å². The van der Waals surface area contributed by atoms with Gasteiger partial charge >= 0.3 is 0 Å². The molecule has 1 aliphatic rings. The van der Waals surface area contributed by atoms with Crippen LogP contribution in [-0.2, 0) is 4.74 Å². The number of halogens is 1. The lowest BCUT2D eigenvalue weighted by Crippen LogP contribution is -2.58. The molecule has 2 unspecified atom stereocenters. The SMILES string of the molecule is COCCN1C(C)CN(C(=O)c2ccc(Cl)cc2)CC1C. The fourth-order valence-corrected chi connectivity index (χ4v) is 3.06. The Morgan fingerprint density at radius 3 is 2.33 bits per heavy atom. The van der Waals surface area contributed by atoms with Crippen LogP contribution in [0.25, 0.3) is 0 Å². The van der Waals surface area contributed by atoms with Crippen LogP contribution in [0.15, 0.2) is 24.3 Å². The van der Waals surface area contributed by atoms with E-state index in [0.29, 0.717) is 22.7 Å². The first-order valence-electron chi connectivity index (χ1n) is 7.32. The summed E-state index contributed by atoms with van der Waals surface area (Å²) in [6.07, 6.45) is 0. The summed E-state index contributed by atoms with van der Waals surface area (Å²) in [6, 6.07) is 7.77. The van der Waals surface area contributed by atoms with E-state index >= 15 is 0 Å². The molecule has 1 fully saturated rings. The van der Waals surface area contributed by atoms with Gasteiger partial charge in [-0.05, 0) is 38.1 Å². The second kappa shape index (κ2) is 7.25. The predicted octanol–water partition coefficient (Wildman–Crippen LogP) is 2.52. The summed E-state index contributed by atoms with van der Waals surface area (Å²) in [5, 5.41) is 0.651. The molecule has 1 aromatic rings. The zero-order valence-electron chi connectivity index (χ0n) is 12.9. The summed E-state index contributed by atoms with van der Waals surface area (Å²) in [5.74, 6) is 0.0803. The molecule has 1 aliphatic heterocycles. The van der Waals surface area contributed by atoms with Gasteiger partial charge < -0.3 is 9.64 Å². The third kappa shape index (κ3) is 3.96. The quantitative estimate of drug-likeness (QED) is 0.856. The fraction of sp³-hybridized carbons (Fsp3) is 0.562. The van der Waals surface area contributed by atoms with Crippen molar-refractivity contribution in [2.45, 2.75) is 25.9 Å². The third-order valence-corrected chi connectivity index (χ3v) is 4.29. The van der Waals surface area contributed by atoms with E-state index < -0.39 is 0 Å². The highest BCUT2D eigenvalue weighted by Crippen LogP contribution is 2.18. The Labute approximate surface area is 131 Å². The van der Waals surface area contributed by atoms with E-state index in [-0.39, 0.29) is 5.91 Å². The summed E-state index contributed by atoms with van der Waals surface area (Å²) >= 11 is 5.87. The normalized spacial score (nSPS) is 23.3. The van der Waals surface area contributed by atoms with E-state index in [1.54, 1.807) is 31.4 Å². The molecule has 1 amide bonds. The smallest absolute Gasteiger partial charge is 0.253 e. The number of methoxy groups -OCH3 is 1. The molecule has 4 nitrogen and oxygen atoms in total. The summed E-state index contributed by atoms with van der Waals surface area (Å²) in [5.41, 5.74) is 0.698. The average Bonchev–Trinajstić information content (AvgIpc) is 2.46. The van der Waals surface area contributed by atoms with Crippen molar-refractivity contribution in [1.82, 2.24) is 9.80 Å². The largest absolute Gasteiger partial charge is 0.383 e. The second-order valence-electron chi connectivity index (χ2n) is 5.65. The number of benzene rings is 1. The number of hydrogen-bond acceptors (Lipinski definition) is 3. The predicted molar refractivity (Wildman–Crippen MR) is 84.9 cm³/mol. The van der Waals surface area contributed by atoms with Crippen molar-refractivity contribution in [3.05, 3.63) is 34.9 Å². The molecular weight excluding hydrogens is 288 g/mol. The van der Waals surface area contributed by atoms with E-state index in [4.69, 9.17) is 16.3 Å². The Kier molecular flexibility index (Phi) is 5.62. The first-order chi connectivity index (χ1) is 10.0. The number of nitrogens with zero attached hydrogens (tertiary/aromatic N) is 2. The summed E-state index contributed by atoms with van der Waals surface area (Å²) in [6.45, 7) is 7.44. The number of amides is 1. The van der Waals surface area contributed by atoms with E-state index in [9.17, 15) is 4.79 Å². The number of rotatable bonds is 4. The molecule has 1 heterocycles. The van der Waals surface area contributed by atoms with Gasteiger partial charge in [-0.3, -0.25) is 9.69 Å². The molecule has 0 bridgehead atoms. The first kappa shape index (κ1) is 16.3. The Balaban J connectivity index is 2.03. The Bertz CT molecular complexity index is 466. The summed E-state index contributed by atoms with van der Waals surface area (Å²) < 4.78 is 5.16. The minimum absolute atomic E-state index is 0.0803. The standard InChI is InChI=1S/C16H23ClN2O2/c1-12-10-18(11-13(2)19(12)8-9-21-3)16(20)14-4-6-15(17)7-5-14/h4-7,12-13H,8-11H2,1-3H3. The number of ether oxygens (including phenoxy) is 1. The first-order valence-corrected chi connectivity index (χ1v) is 7.70. The summed E-state index contributed by atoms with van der Waals surface area (Å²) in [7, 11) is 1.72. The number of carbonyl (C=O) groups is 1. The highest BCUT2D eigenvalue weighted by molar-refractivity contribution is 6.30. The van der Waals surface area contributed by atoms with Crippen molar-refractivity contribution < 1.29 is 9.53 Å². The van der Waals surface area contributed by atoms with Crippen LogP contribution in [0.2, 0.25) is 5.02 Å². The number of hydrogen-bond donors (Lipinski definition) is 0. The van der Waals surface area contributed by atoms with E-state index in [1.807, 2.05) is 4.90 Å². The topological polar surface area (TPSA) is 32.8 Å². The molecule has 0 aromatic heterocycles. The molecule has 0 spiro atoms. The maximum atomic E-state index is 12.6. The number of piperazine rings is 1. The summed E-state index contributed by atoms with van der Waals surface area (Å²) in [4.78, 5) is 16.9. The van der Waals surface area contributed by atoms with Crippen LogP contribution >= 0.6 is 11.6 Å². The highest BCUT2D eigenvalue weighted by Gasteiger charge is 2.31. The van der Waals surface area contributed by atoms with E-state index in [1.165, 1.54) is 0 Å². The monoisotopic (exact) mass is 310 g/mol. The minimum Gasteiger partial charge on any atom is -0.383 e. The van der Waals surface area contributed by atoms with Gasteiger partial charge in [-0.2, -0.15) is 0 Å². The molecule has 2 rings (SSSR count). The minimum atomic E-state index is 0.0803. The van der Waals surface area contributed by atoms with Crippen LogP contribution in [0.3, 0.4) is 0 Å². The Morgan fingerprint density at radius 2 is 1.81 bits per heavy atom. The van der Waals surface area contributed by atoms with Crippen LogP contribution in [0.1, 0.15) is 24.2 Å². The van der Waals surface area contributed by atoms with Gasteiger partial charge in [0.1, 0.15) is 0 Å². The zero-order chi connectivity index (χ0) is 15.4. The van der Waals surface area contributed by atoms with Crippen LogP contribution in [0.5, 0.6) is 0 Å². The highest BCUT2D eigenvalue weighted by atomic mass is 35.5. The van der Waals surface area contributed by atoms with Gasteiger partial charge in [0.2, 0.25) is 0 Å². The van der Waals surface area contributed by atoms with Crippen molar-refractivity contribution in [3.8, 4) is 0 Å². The molecule has 116 valence electrons. The molecule has 21 heavy (non-hydrogen) atoms. The maximum absolute atomic E-state index is 12.6. The number of carbonyl (C=O) groups excluding carboxylic acids is 1. The van der Waals surface area contributed by atoms with Gasteiger partial charge in [-0.25, -0.2) is 0 Å². The molecule has 0 saturated carbocycles. The second-order valence-corrected chi connectivity index (χ2v) is 6.08. The van der Waals surface area contributed by atoms with Crippen molar-refractivity contribution in [2.24, 2.45) is 0 Å². The van der Waals surface area contributed by atoms with Crippen molar-refractivity contribution in [2.75, 3.05) is 33.4 Å². The lowest BCUT2D eigenvalue weighted by Gasteiger charge is -2.44. The van der Waals surface area contributed by atoms with Gasteiger partial charge in [0.05, 0.1) is 6.61 Å². The van der Waals surface area contributed by atoms with Crippen molar-refractivity contribution >= 4 is 17.5 Å². The Hall–Kier alpha value is -1.10. The van der Waals surface area contributed by atoms with Crippen molar-refractivity contribution in [1.29, 1.82) is 0 Å². The zero-order valence-corrected chi connectivity index (χ0v) is 13.6. The van der Waals surface area contributed by atoms with Crippen LogP contribution < -0.4 is 0 Å². The third-order valence-electron chi connectivity index (χ3n) is 4.03. The van der Waals surface area contributed by atoms with Crippen LogP contribution in [0, 0.1) is 0 Å². The molecule has 2 atom stereocenters. The van der Waals surface area contributed by atoms with Crippen LogP contribution in [0.4, 0.5) is 0 Å². The van der Waals surface area contributed by atoms with Crippen LogP contribution in [-0.4, -0.2) is 61.1 Å². The molecule has 5 heteroatoms. The molecule has 0 aliphatic carbocycles. The molecule has 0 N–H and O–H groups in total. The van der Waals surface area contributed by atoms with Gasteiger partial charge in [0.25, 0.3) is 5.91 Å². The van der Waals surface area contributed by atoms with E-state index in [2.05, 4.69) is 18.7 Å². The molecule has 0 radical (unpaired) electrons. The average molecular weight is 311 g/mol. The van der Waals surface area contributed by atoms with Gasteiger partial charge in [0.15, 0.2) is 0 Å². The molecule has 1 aromatic carbocycles. The van der Waals surface area contributed by atoms with Crippen molar-refractivity contribution in [3.63, 3.8) is 0 Å². The lowest BCUT2D eigenvalue weighted by atomic mass is 10.1. The lowest BCUT2D eigenvalue weighted by molar-refractivity contribution is 0.0193.